The summed E-state index contributed by atoms with van der Waals surface area (Å²) < 4.78 is 7.63. The van der Waals surface area contributed by atoms with E-state index in [9.17, 15) is 0 Å². The summed E-state index contributed by atoms with van der Waals surface area (Å²) in [6.07, 6.45) is 0. The molecule has 0 radical (unpaired) electrons. The minimum Gasteiger partial charge on any atom is -0.456 e. The zero-order valence-electron chi connectivity index (χ0n) is 27.5. The molecule has 10 rings (SSSR count). The number of hydrogen-bond donors (Lipinski definition) is 0. The number of nitrogens with zero attached hydrogens (tertiary/aromatic N) is 2. The molecule has 2 aromatic heterocycles. The van der Waals surface area contributed by atoms with E-state index in [1.807, 2.05) is 6.07 Å². The number of hydrogen-bond acceptors (Lipinski definition) is 4. The number of furan rings is 1. The lowest BCUT2D eigenvalue weighted by molar-refractivity contribution is 0.669. The number of thiazole rings is 1. The Morgan fingerprint density at radius 3 is 1.90 bits per heavy atom. The molecule has 0 amide bonds. The van der Waals surface area contributed by atoms with Gasteiger partial charge in [-0.15, -0.1) is 11.3 Å². The number of benzene rings is 8. The van der Waals surface area contributed by atoms with Crippen molar-refractivity contribution in [3.63, 3.8) is 0 Å². The van der Waals surface area contributed by atoms with Gasteiger partial charge in [0.1, 0.15) is 16.2 Å². The van der Waals surface area contributed by atoms with Crippen molar-refractivity contribution in [3.05, 3.63) is 182 Å². The lowest BCUT2D eigenvalue weighted by Crippen LogP contribution is -2.10. The normalized spacial score (nSPS) is 11.5. The van der Waals surface area contributed by atoms with E-state index < -0.39 is 0 Å². The fourth-order valence-corrected chi connectivity index (χ4v) is 8.27. The van der Waals surface area contributed by atoms with Crippen LogP contribution >= 0.6 is 11.3 Å². The molecule has 0 spiro atoms. The van der Waals surface area contributed by atoms with Gasteiger partial charge in [0.25, 0.3) is 0 Å². The topological polar surface area (TPSA) is 29.3 Å². The number of anilines is 3. The van der Waals surface area contributed by atoms with E-state index in [0.29, 0.717) is 0 Å². The van der Waals surface area contributed by atoms with Crippen molar-refractivity contribution in [2.24, 2.45) is 0 Å². The SMILES string of the molecule is c1ccc(-c2cccc(N(c3ccc(-c4ccc5c(c4)oc4ccc6nc(-c7ccccc7)sc6c45)cc3)c3ccc4ccccc4c3)c2)cc1. The Morgan fingerprint density at radius 2 is 1.08 bits per heavy atom. The Kier molecular flexibility index (Phi) is 7.00. The average Bonchev–Trinajstić information content (AvgIpc) is 3.81. The number of rotatable bonds is 6. The molecule has 0 N–H and O–H groups in total. The first-order valence-electron chi connectivity index (χ1n) is 17.1. The van der Waals surface area contributed by atoms with Gasteiger partial charge in [-0.25, -0.2) is 4.98 Å². The highest BCUT2D eigenvalue weighted by atomic mass is 32.1. The summed E-state index contributed by atoms with van der Waals surface area (Å²) in [7, 11) is 0. The highest BCUT2D eigenvalue weighted by Gasteiger charge is 2.17. The Balaban J connectivity index is 1.04. The van der Waals surface area contributed by atoms with Crippen molar-refractivity contribution in [3.8, 4) is 32.8 Å². The van der Waals surface area contributed by atoms with Gasteiger partial charge in [0.05, 0.1) is 10.2 Å². The van der Waals surface area contributed by atoms with Crippen molar-refractivity contribution in [1.29, 1.82) is 0 Å². The van der Waals surface area contributed by atoms with Crippen LogP contribution in [0.1, 0.15) is 0 Å². The second-order valence-electron chi connectivity index (χ2n) is 12.8. The maximum absolute atomic E-state index is 6.47. The van der Waals surface area contributed by atoms with Crippen LogP contribution in [0, 0.1) is 0 Å². The van der Waals surface area contributed by atoms with Crippen LogP contribution in [-0.2, 0) is 0 Å². The van der Waals surface area contributed by atoms with E-state index >= 15 is 0 Å². The summed E-state index contributed by atoms with van der Waals surface area (Å²) in [4.78, 5) is 7.30. The largest absolute Gasteiger partial charge is 0.456 e. The van der Waals surface area contributed by atoms with Crippen molar-refractivity contribution in [2.45, 2.75) is 0 Å². The van der Waals surface area contributed by atoms with E-state index in [-0.39, 0.29) is 0 Å². The van der Waals surface area contributed by atoms with Crippen LogP contribution in [0.15, 0.2) is 186 Å². The molecule has 8 aromatic carbocycles. The van der Waals surface area contributed by atoms with Gasteiger partial charge in [-0.2, -0.15) is 0 Å². The van der Waals surface area contributed by atoms with Crippen molar-refractivity contribution in [2.75, 3.05) is 4.90 Å². The molecule has 0 aliphatic carbocycles. The Labute approximate surface area is 299 Å². The zero-order valence-corrected chi connectivity index (χ0v) is 28.3. The highest BCUT2D eigenvalue weighted by Crippen LogP contribution is 2.42. The third kappa shape index (κ3) is 5.25. The minimum absolute atomic E-state index is 0.879. The first-order chi connectivity index (χ1) is 25.2. The van der Waals surface area contributed by atoms with E-state index in [1.165, 1.54) is 21.9 Å². The standard InChI is InChI=1S/C47H30N2OS/c1-3-10-31(11-4-1)36-16-9-17-39(28-36)49(40-24-20-32-12-7-8-15-35(32)29-40)38-22-18-33(19-23-38)37-21-25-41-44(30-37)50-43-27-26-42-46(45(41)43)51-47(48-42)34-13-5-2-6-14-34/h1-30H. The van der Waals surface area contributed by atoms with E-state index in [2.05, 4.69) is 181 Å². The second-order valence-corrected chi connectivity index (χ2v) is 13.8. The summed E-state index contributed by atoms with van der Waals surface area (Å²) in [5.41, 5.74) is 11.8. The second kappa shape index (κ2) is 12.1. The molecule has 0 bridgehead atoms. The summed E-state index contributed by atoms with van der Waals surface area (Å²) in [6.45, 7) is 0. The smallest absolute Gasteiger partial charge is 0.137 e. The predicted octanol–water partition coefficient (Wildman–Crippen LogP) is 13.8. The van der Waals surface area contributed by atoms with Gasteiger partial charge in [-0.1, -0.05) is 121 Å². The van der Waals surface area contributed by atoms with Gasteiger partial charge in [0, 0.05) is 33.4 Å². The van der Waals surface area contributed by atoms with Crippen LogP contribution in [0.3, 0.4) is 0 Å². The van der Waals surface area contributed by atoms with Gasteiger partial charge in [-0.05, 0) is 93.7 Å². The molecule has 0 atom stereocenters. The first kappa shape index (κ1) is 29.4. The fraction of sp³-hybridized carbons (Fsp3) is 0. The molecular formula is C47H30N2OS. The van der Waals surface area contributed by atoms with Gasteiger partial charge in [0.2, 0.25) is 0 Å². The van der Waals surface area contributed by atoms with Gasteiger partial charge in [0.15, 0.2) is 0 Å². The summed E-state index contributed by atoms with van der Waals surface area (Å²) in [6, 6.07) is 64.5. The minimum atomic E-state index is 0.879. The molecule has 51 heavy (non-hydrogen) atoms. The Bertz CT molecular complexity index is 2850. The zero-order chi connectivity index (χ0) is 33.7. The Hall–Kier alpha value is -6.49. The van der Waals surface area contributed by atoms with E-state index in [4.69, 9.17) is 9.40 Å². The molecular weight excluding hydrogens is 641 g/mol. The first-order valence-corrected chi connectivity index (χ1v) is 17.9. The molecule has 3 nitrogen and oxygen atoms in total. The molecule has 4 heteroatoms. The fourth-order valence-electron chi connectivity index (χ4n) is 7.15. The third-order valence-corrected chi connectivity index (χ3v) is 10.8. The van der Waals surface area contributed by atoms with Gasteiger partial charge >= 0.3 is 0 Å². The molecule has 2 heterocycles. The highest BCUT2D eigenvalue weighted by molar-refractivity contribution is 7.22. The van der Waals surface area contributed by atoms with Crippen LogP contribution in [-0.4, -0.2) is 4.98 Å². The van der Waals surface area contributed by atoms with Crippen molar-refractivity contribution < 1.29 is 4.42 Å². The monoisotopic (exact) mass is 670 g/mol. The lowest BCUT2D eigenvalue weighted by atomic mass is 10.0. The average molecular weight is 671 g/mol. The van der Waals surface area contributed by atoms with Crippen LogP contribution in [0.5, 0.6) is 0 Å². The van der Waals surface area contributed by atoms with Crippen LogP contribution in [0.4, 0.5) is 17.1 Å². The van der Waals surface area contributed by atoms with Crippen molar-refractivity contribution in [1.82, 2.24) is 4.98 Å². The number of aromatic nitrogens is 1. The summed E-state index contributed by atoms with van der Waals surface area (Å²) >= 11 is 1.72. The van der Waals surface area contributed by atoms with Crippen LogP contribution < -0.4 is 4.90 Å². The van der Waals surface area contributed by atoms with Crippen LogP contribution in [0.2, 0.25) is 0 Å². The summed E-state index contributed by atoms with van der Waals surface area (Å²) in [5.74, 6) is 0. The third-order valence-electron chi connectivity index (χ3n) is 9.67. The molecule has 240 valence electrons. The van der Waals surface area contributed by atoms with E-state index in [1.54, 1.807) is 11.3 Å². The molecule has 0 aliphatic rings. The molecule has 0 saturated carbocycles. The van der Waals surface area contributed by atoms with Gasteiger partial charge in [-0.3, -0.25) is 0 Å². The van der Waals surface area contributed by atoms with E-state index in [0.717, 1.165) is 70.9 Å². The predicted molar refractivity (Wildman–Crippen MR) is 215 cm³/mol. The molecule has 0 unspecified atom stereocenters. The molecule has 0 aliphatic heterocycles. The molecule has 0 saturated heterocycles. The molecule has 0 fully saturated rings. The molecule has 10 aromatic rings. The maximum atomic E-state index is 6.47. The van der Waals surface area contributed by atoms with Crippen molar-refractivity contribution >= 4 is 71.3 Å². The number of fused-ring (bicyclic) bond motifs is 6. The quantitative estimate of drug-likeness (QED) is 0.176. The Morgan fingerprint density at radius 1 is 0.431 bits per heavy atom. The summed E-state index contributed by atoms with van der Waals surface area (Å²) in [5, 5.41) is 5.70. The van der Waals surface area contributed by atoms with Gasteiger partial charge < -0.3 is 9.32 Å². The lowest BCUT2D eigenvalue weighted by Gasteiger charge is -2.26. The van der Waals surface area contributed by atoms with Crippen LogP contribution in [0.25, 0.3) is 75.8 Å². The maximum Gasteiger partial charge on any atom is 0.137 e.